The van der Waals surface area contributed by atoms with E-state index in [-0.39, 0.29) is 23.0 Å². The van der Waals surface area contributed by atoms with Crippen molar-refractivity contribution in [3.63, 3.8) is 0 Å². The van der Waals surface area contributed by atoms with Gasteiger partial charge in [-0.25, -0.2) is 18.2 Å². The van der Waals surface area contributed by atoms with Crippen LogP contribution in [0.4, 0.5) is 4.39 Å². The summed E-state index contributed by atoms with van der Waals surface area (Å²) in [5.74, 6) is 5.63. The van der Waals surface area contributed by atoms with Crippen LogP contribution in [0, 0.1) is 11.7 Å². The lowest BCUT2D eigenvalue weighted by Gasteiger charge is -2.19. The Labute approximate surface area is 115 Å². The molecule has 1 aromatic carbocycles. The topological polar surface area (TPSA) is 85.3 Å². The first-order valence-corrected chi connectivity index (χ1v) is 8.17. The molecule has 3 rings (SSSR count). The average molecular weight is 298 g/mol. The van der Waals surface area contributed by atoms with Crippen molar-refractivity contribution in [1.82, 2.24) is 5.43 Å². The lowest BCUT2D eigenvalue weighted by molar-refractivity contribution is 0.340. The Balaban J connectivity index is 1.97. The summed E-state index contributed by atoms with van der Waals surface area (Å²) in [6.07, 6.45) is 0.525. The van der Waals surface area contributed by atoms with Crippen LogP contribution in [0.25, 0.3) is 11.0 Å². The molecule has 0 amide bonds. The third-order valence-electron chi connectivity index (χ3n) is 3.74. The summed E-state index contributed by atoms with van der Waals surface area (Å²) in [6.45, 7) is 0. The van der Waals surface area contributed by atoms with E-state index >= 15 is 0 Å². The molecule has 1 fully saturated rings. The fourth-order valence-corrected chi connectivity index (χ4v) is 4.58. The maximum atomic E-state index is 13.6. The molecule has 1 aliphatic heterocycles. The Morgan fingerprint density at radius 2 is 2.25 bits per heavy atom. The van der Waals surface area contributed by atoms with Crippen LogP contribution in [0.15, 0.2) is 28.7 Å². The second-order valence-corrected chi connectivity index (χ2v) is 7.34. The van der Waals surface area contributed by atoms with E-state index in [4.69, 9.17) is 10.3 Å². The number of furan rings is 1. The number of benzene rings is 1. The normalized spacial score (nSPS) is 23.2. The lowest BCUT2D eigenvalue weighted by Crippen LogP contribution is -2.33. The highest BCUT2D eigenvalue weighted by Crippen LogP contribution is 2.34. The van der Waals surface area contributed by atoms with Crippen LogP contribution in [0.2, 0.25) is 0 Å². The van der Waals surface area contributed by atoms with Gasteiger partial charge in [0.1, 0.15) is 5.76 Å². The molecule has 20 heavy (non-hydrogen) atoms. The molecule has 108 valence electrons. The second-order valence-electron chi connectivity index (χ2n) is 5.11. The minimum absolute atomic E-state index is 0.0708. The smallest absolute Gasteiger partial charge is 0.169 e. The highest BCUT2D eigenvalue weighted by atomic mass is 32.2. The third-order valence-corrected chi connectivity index (χ3v) is 5.53. The van der Waals surface area contributed by atoms with E-state index in [1.807, 2.05) is 0 Å². The van der Waals surface area contributed by atoms with Crippen molar-refractivity contribution in [2.75, 3.05) is 11.5 Å². The Kier molecular flexibility index (Phi) is 3.27. The summed E-state index contributed by atoms with van der Waals surface area (Å²) in [7, 11) is -3.01. The molecule has 2 atom stereocenters. The molecular weight excluding hydrogens is 283 g/mol. The van der Waals surface area contributed by atoms with E-state index in [9.17, 15) is 12.8 Å². The van der Waals surface area contributed by atoms with E-state index in [1.54, 1.807) is 18.2 Å². The predicted molar refractivity (Wildman–Crippen MR) is 73.0 cm³/mol. The van der Waals surface area contributed by atoms with E-state index in [0.717, 1.165) is 0 Å². The van der Waals surface area contributed by atoms with Crippen molar-refractivity contribution < 1.29 is 17.2 Å². The number of halogens is 1. The van der Waals surface area contributed by atoms with Gasteiger partial charge in [0.15, 0.2) is 21.2 Å². The summed E-state index contributed by atoms with van der Waals surface area (Å²) in [5.41, 5.74) is 2.77. The molecule has 5 nitrogen and oxygen atoms in total. The fourth-order valence-electron chi connectivity index (χ4n) is 2.74. The van der Waals surface area contributed by atoms with Crippen LogP contribution in [0.5, 0.6) is 0 Å². The van der Waals surface area contributed by atoms with Crippen LogP contribution in [-0.4, -0.2) is 19.9 Å². The van der Waals surface area contributed by atoms with Gasteiger partial charge >= 0.3 is 0 Å². The lowest BCUT2D eigenvalue weighted by atomic mass is 9.97. The molecule has 1 saturated heterocycles. The summed E-state index contributed by atoms with van der Waals surface area (Å²) in [5, 5.41) is 0.640. The van der Waals surface area contributed by atoms with Gasteiger partial charge in [0.2, 0.25) is 0 Å². The molecular formula is C13H15FN2O3S. The molecule has 2 aromatic rings. The van der Waals surface area contributed by atoms with E-state index in [1.165, 1.54) is 6.07 Å². The molecule has 0 radical (unpaired) electrons. The minimum atomic E-state index is -3.01. The first-order chi connectivity index (χ1) is 9.50. The first kappa shape index (κ1) is 13.5. The van der Waals surface area contributed by atoms with Crippen LogP contribution in [0.3, 0.4) is 0 Å². The number of nitrogens with one attached hydrogen (secondary N) is 1. The summed E-state index contributed by atoms with van der Waals surface area (Å²) in [6, 6.07) is 5.93. The summed E-state index contributed by atoms with van der Waals surface area (Å²) >= 11 is 0. The molecule has 3 N–H and O–H groups in total. The highest BCUT2D eigenvalue weighted by molar-refractivity contribution is 7.91. The van der Waals surface area contributed by atoms with E-state index in [0.29, 0.717) is 17.6 Å². The Bertz CT molecular complexity index is 741. The minimum Gasteiger partial charge on any atom is -0.456 e. The van der Waals surface area contributed by atoms with Crippen molar-refractivity contribution in [2.45, 2.75) is 12.5 Å². The molecule has 0 saturated carbocycles. The standard InChI is InChI=1S/C13H15FN2O3S/c14-10-3-1-2-8-6-11(19-13(8)10)12(16-15)9-4-5-20(17,18)7-9/h1-3,6,9,12,16H,4-5,7,15H2. The van der Waals surface area contributed by atoms with E-state index < -0.39 is 21.7 Å². The largest absolute Gasteiger partial charge is 0.456 e. The molecule has 1 aromatic heterocycles. The Morgan fingerprint density at radius 1 is 1.45 bits per heavy atom. The number of hydrogen-bond acceptors (Lipinski definition) is 5. The van der Waals surface area contributed by atoms with Crippen LogP contribution >= 0.6 is 0 Å². The molecule has 7 heteroatoms. The third kappa shape index (κ3) is 2.32. The van der Waals surface area contributed by atoms with Gasteiger partial charge in [0.25, 0.3) is 0 Å². The van der Waals surface area contributed by atoms with Gasteiger partial charge < -0.3 is 4.42 Å². The van der Waals surface area contributed by atoms with Crippen molar-refractivity contribution in [3.05, 3.63) is 35.8 Å². The zero-order valence-electron chi connectivity index (χ0n) is 10.7. The van der Waals surface area contributed by atoms with Gasteiger partial charge in [-0.3, -0.25) is 5.84 Å². The Morgan fingerprint density at radius 3 is 2.85 bits per heavy atom. The SMILES string of the molecule is NNC(c1cc2cccc(F)c2o1)C1CCS(=O)(=O)C1. The highest BCUT2D eigenvalue weighted by Gasteiger charge is 2.35. The Hall–Kier alpha value is -1.44. The zero-order valence-corrected chi connectivity index (χ0v) is 11.5. The van der Waals surface area contributed by atoms with E-state index in [2.05, 4.69) is 5.43 Å². The summed E-state index contributed by atoms with van der Waals surface area (Å²) in [4.78, 5) is 0. The van der Waals surface area contributed by atoms with Gasteiger partial charge in [-0.05, 0) is 24.5 Å². The number of hydrazine groups is 1. The number of para-hydroxylation sites is 1. The van der Waals surface area contributed by atoms with Crippen molar-refractivity contribution in [1.29, 1.82) is 0 Å². The van der Waals surface area contributed by atoms with Gasteiger partial charge in [0, 0.05) is 5.39 Å². The summed E-state index contributed by atoms with van der Waals surface area (Å²) < 4.78 is 42.3. The molecule has 2 heterocycles. The molecule has 2 unspecified atom stereocenters. The van der Waals surface area contributed by atoms with Crippen LogP contribution in [-0.2, 0) is 9.84 Å². The van der Waals surface area contributed by atoms with Gasteiger partial charge in [-0.15, -0.1) is 0 Å². The van der Waals surface area contributed by atoms with Gasteiger partial charge in [-0.2, -0.15) is 0 Å². The maximum absolute atomic E-state index is 13.6. The fraction of sp³-hybridized carbons (Fsp3) is 0.385. The maximum Gasteiger partial charge on any atom is 0.169 e. The van der Waals surface area contributed by atoms with Gasteiger partial charge in [0.05, 0.1) is 17.5 Å². The van der Waals surface area contributed by atoms with Crippen LogP contribution < -0.4 is 11.3 Å². The number of nitrogens with two attached hydrogens (primary N) is 1. The zero-order chi connectivity index (χ0) is 14.3. The average Bonchev–Trinajstić information content (AvgIpc) is 2.95. The second kappa shape index (κ2) is 4.83. The molecule has 0 aliphatic carbocycles. The predicted octanol–water partition coefficient (Wildman–Crippen LogP) is 1.51. The van der Waals surface area contributed by atoms with Gasteiger partial charge in [-0.1, -0.05) is 12.1 Å². The number of fused-ring (bicyclic) bond motifs is 1. The van der Waals surface area contributed by atoms with Crippen molar-refractivity contribution in [3.8, 4) is 0 Å². The molecule has 0 spiro atoms. The molecule has 1 aliphatic rings. The van der Waals surface area contributed by atoms with Crippen LogP contribution in [0.1, 0.15) is 18.2 Å². The molecule has 0 bridgehead atoms. The quantitative estimate of drug-likeness (QED) is 0.663. The number of hydrogen-bond donors (Lipinski definition) is 2. The monoisotopic (exact) mass is 298 g/mol. The number of sulfone groups is 1. The van der Waals surface area contributed by atoms with Crippen molar-refractivity contribution >= 4 is 20.8 Å². The first-order valence-electron chi connectivity index (χ1n) is 6.35. The number of rotatable bonds is 3. The van der Waals surface area contributed by atoms with Crippen molar-refractivity contribution in [2.24, 2.45) is 11.8 Å².